The average Bonchev–Trinajstić information content (AvgIpc) is 2.85. The van der Waals surface area contributed by atoms with E-state index in [2.05, 4.69) is 0 Å². The molecule has 2 aromatic carbocycles. The standard InChI is InChI=1S/C26H28ClF3N4O4/c1-16-10-18(12-19(11-16)26(28,29)30)15-38-25(37)33-9-7-23(35)34-21(6-8-31)24(36)32(14-22(33)34)13-17-2-4-20(27)5-3-17/h2-5,10-12,21-22H,6-9,13-15,31H2,1H3/t21-,22+/m0/s1. The Balaban J connectivity index is 1.54. The van der Waals surface area contributed by atoms with Crippen LogP contribution in [0.25, 0.3) is 0 Å². The van der Waals surface area contributed by atoms with Crippen molar-refractivity contribution in [3.63, 3.8) is 0 Å². The minimum atomic E-state index is -4.53. The first-order valence-electron chi connectivity index (χ1n) is 12.1. The number of nitrogens with two attached hydrogens (primary N) is 1. The topological polar surface area (TPSA) is 96.2 Å². The number of hydrogen-bond donors (Lipinski definition) is 1. The van der Waals surface area contributed by atoms with Crippen LogP contribution in [0.5, 0.6) is 0 Å². The highest BCUT2D eigenvalue weighted by atomic mass is 35.5. The zero-order chi connectivity index (χ0) is 27.6. The van der Waals surface area contributed by atoms with Crippen molar-refractivity contribution in [3.8, 4) is 0 Å². The van der Waals surface area contributed by atoms with Gasteiger partial charge in [0.2, 0.25) is 11.8 Å². The molecule has 0 bridgehead atoms. The van der Waals surface area contributed by atoms with Gasteiger partial charge in [-0.1, -0.05) is 35.4 Å². The monoisotopic (exact) mass is 552 g/mol. The summed E-state index contributed by atoms with van der Waals surface area (Å²) in [5.74, 6) is -0.546. The quantitative estimate of drug-likeness (QED) is 0.586. The summed E-state index contributed by atoms with van der Waals surface area (Å²) in [7, 11) is 0. The Labute approximate surface area is 223 Å². The van der Waals surface area contributed by atoms with Gasteiger partial charge in [-0.3, -0.25) is 14.5 Å². The third-order valence-electron chi connectivity index (χ3n) is 6.64. The predicted octanol–water partition coefficient (Wildman–Crippen LogP) is 3.92. The molecular weight excluding hydrogens is 525 g/mol. The molecule has 0 spiro atoms. The third kappa shape index (κ3) is 6.05. The Morgan fingerprint density at radius 3 is 2.50 bits per heavy atom. The van der Waals surface area contributed by atoms with Crippen LogP contribution in [0, 0.1) is 6.92 Å². The largest absolute Gasteiger partial charge is 0.444 e. The molecule has 3 amide bonds. The van der Waals surface area contributed by atoms with E-state index in [-0.39, 0.29) is 63.0 Å². The summed E-state index contributed by atoms with van der Waals surface area (Å²) in [5.41, 5.74) is 6.32. The van der Waals surface area contributed by atoms with Crippen molar-refractivity contribution in [2.45, 2.75) is 51.3 Å². The van der Waals surface area contributed by atoms with Crippen molar-refractivity contribution >= 4 is 29.5 Å². The number of amides is 3. The van der Waals surface area contributed by atoms with Crippen LogP contribution in [0.4, 0.5) is 18.0 Å². The van der Waals surface area contributed by atoms with Gasteiger partial charge in [0, 0.05) is 24.5 Å². The van der Waals surface area contributed by atoms with E-state index in [1.165, 1.54) is 22.8 Å². The Morgan fingerprint density at radius 2 is 1.84 bits per heavy atom. The van der Waals surface area contributed by atoms with E-state index in [9.17, 15) is 27.6 Å². The number of alkyl halides is 3. The normalized spacial score (nSPS) is 20.0. The maximum Gasteiger partial charge on any atom is 0.416 e. The van der Waals surface area contributed by atoms with Gasteiger partial charge in [0.15, 0.2) is 0 Å². The van der Waals surface area contributed by atoms with Gasteiger partial charge in [-0.15, -0.1) is 0 Å². The van der Waals surface area contributed by atoms with Crippen molar-refractivity contribution < 1.29 is 32.3 Å². The SMILES string of the molecule is Cc1cc(COC(=O)N2CCC(=O)N3[C@@H]2CN(Cc2ccc(Cl)cc2)C(=O)[C@@H]3CCN)cc(C(F)(F)F)c1. The summed E-state index contributed by atoms with van der Waals surface area (Å²) in [4.78, 5) is 43.7. The van der Waals surface area contributed by atoms with Crippen molar-refractivity contribution in [2.24, 2.45) is 5.73 Å². The summed E-state index contributed by atoms with van der Waals surface area (Å²) < 4.78 is 45.0. The fourth-order valence-corrected chi connectivity index (χ4v) is 5.04. The maximum atomic E-state index is 13.3. The van der Waals surface area contributed by atoms with Gasteiger partial charge in [-0.05, 0) is 55.3 Å². The number of carbonyl (C=O) groups excluding carboxylic acids is 3. The van der Waals surface area contributed by atoms with Gasteiger partial charge in [0.25, 0.3) is 0 Å². The van der Waals surface area contributed by atoms with Crippen LogP contribution in [-0.4, -0.2) is 64.4 Å². The molecule has 0 aliphatic carbocycles. The van der Waals surface area contributed by atoms with E-state index >= 15 is 0 Å². The van der Waals surface area contributed by atoms with E-state index in [1.54, 1.807) is 29.2 Å². The van der Waals surface area contributed by atoms with E-state index in [1.807, 2.05) is 0 Å². The third-order valence-corrected chi connectivity index (χ3v) is 6.89. The molecule has 0 radical (unpaired) electrons. The second kappa shape index (κ2) is 11.2. The number of nitrogens with zero attached hydrogens (tertiary/aromatic N) is 3. The summed E-state index contributed by atoms with van der Waals surface area (Å²) in [6, 6.07) is 9.61. The van der Waals surface area contributed by atoms with Gasteiger partial charge in [0.1, 0.15) is 18.8 Å². The molecule has 2 fully saturated rings. The van der Waals surface area contributed by atoms with Crippen molar-refractivity contribution in [1.29, 1.82) is 0 Å². The number of halogens is 4. The van der Waals surface area contributed by atoms with Crippen molar-refractivity contribution in [3.05, 3.63) is 69.7 Å². The first-order chi connectivity index (χ1) is 18.0. The number of carbonyl (C=O) groups is 3. The van der Waals surface area contributed by atoms with Gasteiger partial charge >= 0.3 is 12.3 Å². The fourth-order valence-electron chi connectivity index (χ4n) is 4.92. The number of hydrogen-bond acceptors (Lipinski definition) is 5. The van der Waals surface area contributed by atoms with Gasteiger partial charge in [-0.2, -0.15) is 13.2 Å². The van der Waals surface area contributed by atoms with E-state index < -0.39 is 30.0 Å². The first-order valence-corrected chi connectivity index (χ1v) is 12.5. The molecule has 2 saturated heterocycles. The molecule has 12 heteroatoms. The molecule has 8 nitrogen and oxygen atoms in total. The number of rotatable bonds is 6. The van der Waals surface area contributed by atoms with E-state index in [0.29, 0.717) is 10.6 Å². The number of aryl methyl sites for hydroxylation is 1. The van der Waals surface area contributed by atoms with E-state index in [0.717, 1.165) is 17.7 Å². The number of piperazine rings is 1. The second-order valence-corrected chi connectivity index (χ2v) is 9.86. The molecule has 2 atom stereocenters. The number of benzene rings is 2. The highest BCUT2D eigenvalue weighted by Gasteiger charge is 2.48. The first kappa shape index (κ1) is 27.7. The van der Waals surface area contributed by atoms with Gasteiger partial charge in [0.05, 0.1) is 12.1 Å². The molecule has 2 aliphatic rings. The molecule has 38 heavy (non-hydrogen) atoms. The summed E-state index contributed by atoms with van der Waals surface area (Å²) >= 11 is 5.97. The highest BCUT2D eigenvalue weighted by molar-refractivity contribution is 6.30. The summed E-state index contributed by atoms with van der Waals surface area (Å²) in [6.45, 7) is 1.65. The van der Waals surface area contributed by atoms with Crippen molar-refractivity contribution in [2.75, 3.05) is 19.6 Å². The number of ether oxygens (including phenoxy) is 1. The lowest BCUT2D eigenvalue weighted by atomic mass is 10.0. The van der Waals surface area contributed by atoms with Crippen molar-refractivity contribution in [1.82, 2.24) is 14.7 Å². The maximum absolute atomic E-state index is 13.3. The Bertz CT molecular complexity index is 1210. The zero-order valence-corrected chi connectivity index (χ0v) is 21.5. The minimum absolute atomic E-state index is 0.0141. The van der Waals surface area contributed by atoms with Gasteiger partial charge in [-0.25, -0.2) is 4.79 Å². The minimum Gasteiger partial charge on any atom is -0.444 e. The summed E-state index contributed by atoms with van der Waals surface area (Å²) in [5, 5.41) is 0.550. The smallest absolute Gasteiger partial charge is 0.416 e. The predicted molar refractivity (Wildman–Crippen MR) is 133 cm³/mol. The van der Waals surface area contributed by atoms with Crippen LogP contribution in [0.15, 0.2) is 42.5 Å². The van der Waals surface area contributed by atoms with Gasteiger partial charge < -0.3 is 20.3 Å². The van der Waals surface area contributed by atoms with Crippen LogP contribution < -0.4 is 5.73 Å². The Morgan fingerprint density at radius 1 is 1.13 bits per heavy atom. The molecule has 0 saturated carbocycles. The van der Waals surface area contributed by atoms with Crippen LogP contribution in [0.2, 0.25) is 5.02 Å². The molecule has 0 aromatic heterocycles. The molecule has 2 heterocycles. The van der Waals surface area contributed by atoms with Crippen LogP contribution >= 0.6 is 11.6 Å². The molecule has 204 valence electrons. The van der Waals surface area contributed by atoms with E-state index in [4.69, 9.17) is 22.1 Å². The lowest BCUT2D eigenvalue weighted by Gasteiger charge is -2.51. The Kier molecular flexibility index (Phi) is 8.17. The highest BCUT2D eigenvalue weighted by Crippen LogP contribution is 2.32. The molecule has 2 N–H and O–H groups in total. The molecule has 2 aliphatic heterocycles. The molecular formula is C26H28ClF3N4O4. The average molecular weight is 553 g/mol. The van der Waals surface area contributed by atoms with Crippen LogP contribution in [0.1, 0.15) is 35.1 Å². The Hall–Kier alpha value is -3.31. The van der Waals surface area contributed by atoms with Crippen LogP contribution in [0.3, 0.4) is 0 Å². The number of fused-ring (bicyclic) bond motifs is 1. The fraction of sp³-hybridized carbons (Fsp3) is 0.423. The summed E-state index contributed by atoms with van der Waals surface area (Å²) in [6.07, 6.45) is -5.91. The van der Waals surface area contributed by atoms with Crippen LogP contribution in [-0.2, 0) is 33.7 Å². The molecule has 0 unspecified atom stereocenters. The second-order valence-electron chi connectivity index (χ2n) is 9.42. The molecule has 2 aromatic rings. The lowest BCUT2D eigenvalue weighted by Crippen LogP contribution is -2.71. The molecule has 4 rings (SSSR count). The zero-order valence-electron chi connectivity index (χ0n) is 20.7. The lowest BCUT2D eigenvalue weighted by molar-refractivity contribution is -0.168.